The molecule has 0 N–H and O–H groups in total. The molecule has 59 heavy (non-hydrogen) atoms. The van der Waals surface area contributed by atoms with Crippen LogP contribution >= 0.6 is 0 Å². The van der Waals surface area contributed by atoms with E-state index in [1.807, 2.05) is 0 Å². The van der Waals surface area contributed by atoms with Crippen LogP contribution in [0.2, 0.25) is 0 Å². The van der Waals surface area contributed by atoms with Crippen molar-refractivity contribution < 1.29 is 28.6 Å². The smallest absolute Gasteiger partial charge is 0.306 e. The van der Waals surface area contributed by atoms with Crippen LogP contribution in [0.4, 0.5) is 0 Å². The van der Waals surface area contributed by atoms with Gasteiger partial charge in [0.1, 0.15) is 13.2 Å². The third kappa shape index (κ3) is 44.3. The number of ether oxygens (including phenoxy) is 3. The summed E-state index contributed by atoms with van der Waals surface area (Å²) in [5.41, 5.74) is 0. The maximum atomic E-state index is 12.8. The van der Waals surface area contributed by atoms with Gasteiger partial charge in [0.05, 0.1) is 0 Å². The Balaban J connectivity index is 4.30. The van der Waals surface area contributed by atoms with Crippen LogP contribution in [0, 0.1) is 11.8 Å². The summed E-state index contributed by atoms with van der Waals surface area (Å²) in [6, 6.07) is 0. The topological polar surface area (TPSA) is 78.9 Å². The first kappa shape index (κ1) is 57.4. The Labute approximate surface area is 368 Å². The molecule has 6 heteroatoms. The van der Waals surface area contributed by atoms with E-state index in [1.54, 1.807) is 0 Å². The van der Waals surface area contributed by atoms with E-state index in [9.17, 15) is 14.4 Å². The Morgan fingerprint density at radius 3 is 0.881 bits per heavy atom. The lowest BCUT2D eigenvalue weighted by molar-refractivity contribution is -0.167. The van der Waals surface area contributed by atoms with Crippen molar-refractivity contribution >= 4 is 17.9 Å². The summed E-state index contributed by atoms with van der Waals surface area (Å²) < 4.78 is 16.8. The molecule has 0 amide bonds. The Bertz CT molecular complexity index is 904. The lowest BCUT2D eigenvalue weighted by Crippen LogP contribution is -2.30. The summed E-state index contributed by atoms with van der Waals surface area (Å²) in [4.78, 5) is 37.9. The summed E-state index contributed by atoms with van der Waals surface area (Å²) in [6.45, 7) is 11.4. The standard InChI is InChI=1S/C53H102O6/c1-6-9-10-11-12-13-14-15-16-17-18-19-20-25-28-35-40-45-53(56)59-50(47-58-52(55)44-39-34-30-29-32-37-42-49(5)8-3)46-57-51(54)43-38-33-27-24-22-21-23-26-31-36-41-48(4)7-2/h48-50H,6-47H2,1-5H3/t48?,49?,50-/m1/s1. The monoisotopic (exact) mass is 835 g/mol. The van der Waals surface area contributed by atoms with E-state index >= 15 is 0 Å². The largest absolute Gasteiger partial charge is 0.462 e. The van der Waals surface area contributed by atoms with E-state index in [0.29, 0.717) is 19.3 Å². The highest BCUT2D eigenvalue weighted by atomic mass is 16.6. The van der Waals surface area contributed by atoms with Crippen LogP contribution in [-0.2, 0) is 28.6 Å². The van der Waals surface area contributed by atoms with Crippen molar-refractivity contribution in [3.05, 3.63) is 0 Å². The number of carbonyl (C=O) groups is 3. The summed E-state index contributed by atoms with van der Waals surface area (Å²) in [5, 5.41) is 0. The number of rotatable bonds is 47. The van der Waals surface area contributed by atoms with Gasteiger partial charge >= 0.3 is 17.9 Å². The minimum atomic E-state index is -0.762. The fourth-order valence-corrected chi connectivity index (χ4v) is 7.93. The predicted octanol–water partition coefficient (Wildman–Crippen LogP) is 16.9. The molecule has 0 radical (unpaired) electrons. The molecule has 0 aliphatic carbocycles. The van der Waals surface area contributed by atoms with Crippen molar-refractivity contribution in [2.24, 2.45) is 11.8 Å². The average Bonchev–Trinajstić information content (AvgIpc) is 3.23. The molecule has 0 saturated carbocycles. The first-order chi connectivity index (χ1) is 28.8. The van der Waals surface area contributed by atoms with E-state index in [1.165, 1.54) is 180 Å². The molecule has 2 unspecified atom stereocenters. The Morgan fingerprint density at radius 2 is 0.593 bits per heavy atom. The molecular weight excluding hydrogens is 733 g/mol. The molecule has 0 heterocycles. The zero-order valence-corrected chi connectivity index (χ0v) is 40.4. The minimum Gasteiger partial charge on any atom is -0.462 e. The van der Waals surface area contributed by atoms with E-state index in [-0.39, 0.29) is 31.1 Å². The van der Waals surface area contributed by atoms with Gasteiger partial charge in [0, 0.05) is 19.3 Å². The molecule has 0 rings (SSSR count). The summed E-state index contributed by atoms with van der Waals surface area (Å²) >= 11 is 0. The highest BCUT2D eigenvalue weighted by Crippen LogP contribution is 2.18. The summed E-state index contributed by atoms with van der Waals surface area (Å²) in [6.07, 6.45) is 46.6. The molecule has 0 aliphatic heterocycles. The molecule has 350 valence electrons. The highest BCUT2D eigenvalue weighted by Gasteiger charge is 2.19. The van der Waals surface area contributed by atoms with E-state index in [2.05, 4.69) is 34.6 Å². The van der Waals surface area contributed by atoms with Gasteiger partial charge in [-0.3, -0.25) is 14.4 Å². The highest BCUT2D eigenvalue weighted by molar-refractivity contribution is 5.71. The van der Waals surface area contributed by atoms with Gasteiger partial charge in [-0.25, -0.2) is 0 Å². The second-order valence-corrected chi connectivity index (χ2v) is 18.6. The van der Waals surface area contributed by atoms with Crippen molar-refractivity contribution in [3.63, 3.8) is 0 Å². The van der Waals surface area contributed by atoms with E-state index < -0.39 is 6.10 Å². The van der Waals surface area contributed by atoms with Gasteiger partial charge in [-0.05, 0) is 31.1 Å². The van der Waals surface area contributed by atoms with Gasteiger partial charge in [-0.15, -0.1) is 0 Å². The molecule has 0 bridgehead atoms. The second-order valence-electron chi connectivity index (χ2n) is 18.6. The number of esters is 3. The molecule has 0 fully saturated rings. The summed E-state index contributed by atoms with van der Waals surface area (Å²) in [5.74, 6) is 0.833. The van der Waals surface area contributed by atoms with Gasteiger partial charge in [0.15, 0.2) is 6.10 Å². The van der Waals surface area contributed by atoms with E-state index in [0.717, 1.165) is 69.6 Å². The molecule has 6 nitrogen and oxygen atoms in total. The Kier molecular flexibility index (Phi) is 44.7. The van der Waals surface area contributed by atoms with Crippen molar-refractivity contribution in [3.8, 4) is 0 Å². The second kappa shape index (κ2) is 45.9. The third-order valence-electron chi connectivity index (χ3n) is 12.7. The van der Waals surface area contributed by atoms with Crippen LogP contribution in [0.3, 0.4) is 0 Å². The summed E-state index contributed by atoms with van der Waals surface area (Å²) in [7, 11) is 0. The molecular formula is C53H102O6. The first-order valence-electron chi connectivity index (χ1n) is 26.3. The number of carbonyl (C=O) groups excluding carboxylic acids is 3. The zero-order valence-electron chi connectivity index (χ0n) is 40.4. The average molecular weight is 835 g/mol. The van der Waals surface area contributed by atoms with Crippen LogP contribution in [0.15, 0.2) is 0 Å². The molecule has 0 saturated heterocycles. The fraction of sp³-hybridized carbons (Fsp3) is 0.943. The first-order valence-corrected chi connectivity index (χ1v) is 26.3. The van der Waals surface area contributed by atoms with Crippen LogP contribution in [0.1, 0.15) is 291 Å². The molecule has 0 aliphatic rings. The zero-order chi connectivity index (χ0) is 43.3. The normalized spacial score (nSPS) is 13.0. The van der Waals surface area contributed by atoms with Crippen molar-refractivity contribution in [2.45, 2.75) is 298 Å². The van der Waals surface area contributed by atoms with Gasteiger partial charge < -0.3 is 14.2 Å². The molecule has 0 aromatic rings. The molecule has 3 atom stereocenters. The van der Waals surface area contributed by atoms with Crippen molar-refractivity contribution in [2.75, 3.05) is 13.2 Å². The number of hydrogen-bond donors (Lipinski definition) is 0. The van der Waals surface area contributed by atoms with Crippen molar-refractivity contribution in [1.29, 1.82) is 0 Å². The van der Waals surface area contributed by atoms with Crippen LogP contribution < -0.4 is 0 Å². The van der Waals surface area contributed by atoms with Crippen molar-refractivity contribution in [1.82, 2.24) is 0 Å². The van der Waals surface area contributed by atoms with Gasteiger partial charge in [0.25, 0.3) is 0 Å². The SMILES string of the molecule is CCCCCCCCCCCCCCCCCCCC(=O)O[C@H](COC(=O)CCCCCCCCCCCCC(C)CC)COC(=O)CCCCCCCCC(C)CC. The molecule has 0 spiro atoms. The lowest BCUT2D eigenvalue weighted by Gasteiger charge is -2.18. The maximum absolute atomic E-state index is 12.8. The van der Waals surface area contributed by atoms with Crippen LogP contribution in [0.25, 0.3) is 0 Å². The Hall–Kier alpha value is -1.59. The number of unbranched alkanes of at least 4 members (excludes halogenated alkanes) is 30. The van der Waals surface area contributed by atoms with Crippen LogP contribution in [-0.4, -0.2) is 37.2 Å². The van der Waals surface area contributed by atoms with Gasteiger partial charge in [-0.2, -0.15) is 0 Å². The molecule has 0 aromatic heterocycles. The Morgan fingerprint density at radius 1 is 0.339 bits per heavy atom. The van der Waals surface area contributed by atoms with E-state index in [4.69, 9.17) is 14.2 Å². The lowest BCUT2D eigenvalue weighted by atomic mass is 9.99. The molecule has 0 aromatic carbocycles. The fourth-order valence-electron chi connectivity index (χ4n) is 7.93. The quantitative estimate of drug-likeness (QED) is 0.0345. The minimum absolute atomic E-state index is 0.0646. The van der Waals surface area contributed by atoms with Gasteiger partial charge in [-0.1, -0.05) is 253 Å². The maximum Gasteiger partial charge on any atom is 0.306 e. The van der Waals surface area contributed by atoms with Gasteiger partial charge in [0.2, 0.25) is 0 Å². The predicted molar refractivity (Wildman–Crippen MR) is 252 cm³/mol. The van der Waals surface area contributed by atoms with Crippen LogP contribution in [0.5, 0.6) is 0 Å². The number of hydrogen-bond acceptors (Lipinski definition) is 6. The third-order valence-corrected chi connectivity index (χ3v) is 12.7.